The van der Waals surface area contributed by atoms with E-state index in [1.54, 1.807) is 0 Å². The standard InChI is InChI=1S/C9H12O2S.H2O/c1-6-4-7(2)9(12(10)11)8(3)5-6;/h4-5H,1-3H3,(H,10,11);1H2. The van der Waals surface area contributed by atoms with E-state index in [4.69, 9.17) is 4.55 Å². The maximum Gasteiger partial charge on any atom is 0.187 e. The second-order valence-electron chi connectivity index (χ2n) is 2.98. The van der Waals surface area contributed by atoms with Crippen LogP contribution >= 0.6 is 0 Å². The van der Waals surface area contributed by atoms with Crippen molar-refractivity contribution in [3.63, 3.8) is 0 Å². The van der Waals surface area contributed by atoms with E-state index in [2.05, 4.69) is 0 Å². The van der Waals surface area contributed by atoms with Gasteiger partial charge in [0, 0.05) is 0 Å². The molecule has 0 saturated heterocycles. The van der Waals surface area contributed by atoms with Crippen LogP contribution in [0.1, 0.15) is 16.7 Å². The Bertz CT molecular complexity index is 311. The van der Waals surface area contributed by atoms with Crippen molar-refractivity contribution < 1.29 is 14.2 Å². The van der Waals surface area contributed by atoms with Crippen molar-refractivity contribution in [3.05, 3.63) is 28.8 Å². The number of hydrogen-bond acceptors (Lipinski definition) is 1. The Morgan fingerprint density at radius 3 is 1.85 bits per heavy atom. The first-order chi connectivity index (χ1) is 5.52. The lowest BCUT2D eigenvalue weighted by atomic mass is 10.1. The first kappa shape index (κ1) is 12.3. The summed E-state index contributed by atoms with van der Waals surface area (Å²) in [6.07, 6.45) is 0. The van der Waals surface area contributed by atoms with Crippen molar-refractivity contribution >= 4 is 11.1 Å². The van der Waals surface area contributed by atoms with Crippen molar-refractivity contribution in [1.82, 2.24) is 0 Å². The fourth-order valence-corrected chi connectivity index (χ4v) is 2.11. The zero-order valence-corrected chi connectivity index (χ0v) is 8.73. The minimum absolute atomic E-state index is 0. The molecule has 3 N–H and O–H groups in total. The van der Waals surface area contributed by atoms with Gasteiger partial charge in [-0.1, -0.05) is 17.7 Å². The molecule has 0 heterocycles. The summed E-state index contributed by atoms with van der Waals surface area (Å²) in [6.45, 7) is 5.68. The molecule has 0 spiro atoms. The summed E-state index contributed by atoms with van der Waals surface area (Å²) in [5.74, 6) is 0. The molecule has 1 atom stereocenters. The lowest BCUT2D eigenvalue weighted by Gasteiger charge is -2.06. The molecule has 74 valence electrons. The third kappa shape index (κ3) is 2.62. The molecule has 1 aromatic carbocycles. The molecular formula is C9H14O3S. The summed E-state index contributed by atoms with van der Waals surface area (Å²) in [5.41, 5.74) is 2.89. The van der Waals surface area contributed by atoms with Gasteiger partial charge in [0.25, 0.3) is 0 Å². The third-order valence-electron chi connectivity index (χ3n) is 1.78. The minimum atomic E-state index is -1.86. The first-order valence-electron chi connectivity index (χ1n) is 3.71. The monoisotopic (exact) mass is 202 g/mol. The van der Waals surface area contributed by atoms with Crippen molar-refractivity contribution in [2.45, 2.75) is 25.7 Å². The van der Waals surface area contributed by atoms with Crippen LogP contribution in [0.5, 0.6) is 0 Å². The molecule has 3 nitrogen and oxygen atoms in total. The Labute approximate surface area is 80.4 Å². The number of aryl methyl sites for hydroxylation is 3. The zero-order chi connectivity index (χ0) is 9.30. The van der Waals surface area contributed by atoms with Crippen molar-refractivity contribution in [2.75, 3.05) is 0 Å². The van der Waals surface area contributed by atoms with Gasteiger partial charge in [0.05, 0.1) is 4.90 Å². The fraction of sp³-hybridized carbons (Fsp3) is 0.333. The molecule has 1 unspecified atom stereocenters. The second-order valence-corrected chi connectivity index (χ2v) is 3.88. The lowest BCUT2D eigenvalue weighted by Crippen LogP contribution is -1.96. The van der Waals surface area contributed by atoms with Gasteiger partial charge in [0.1, 0.15) is 0 Å². The number of hydrogen-bond donors (Lipinski definition) is 1. The van der Waals surface area contributed by atoms with E-state index in [0.29, 0.717) is 4.90 Å². The van der Waals surface area contributed by atoms with Gasteiger partial charge in [0.15, 0.2) is 11.1 Å². The maximum atomic E-state index is 10.9. The largest absolute Gasteiger partial charge is 0.412 e. The topological polar surface area (TPSA) is 68.8 Å². The highest BCUT2D eigenvalue weighted by molar-refractivity contribution is 7.79. The molecule has 0 radical (unpaired) electrons. The molecule has 0 fully saturated rings. The van der Waals surface area contributed by atoms with E-state index >= 15 is 0 Å². The van der Waals surface area contributed by atoms with Crippen LogP contribution < -0.4 is 0 Å². The SMILES string of the molecule is Cc1cc(C)c(S(=O)O)c(C)c1.O. The molecule has 0 bridgehead atoms. The molecule has 0 aliphatic carbocycles. The molecule has 4 heteroatoms. The summed E-state index contributed by atoms with van der Waals surface area (Å²) in [4.78, 5) is 0.542. The van der Waals surface area contributed by atoms with Crippen LogP contribution in [0.15, 0.2) is 17.0 Å². The van der Waals surface area contributed by atoms with Gasteiger partial charge >= 0.3 is 0 Å². The molecule has 0 amide bonds. The highest BCUT2D eigenvalue weighted by Gasteiger charge is 2.08. The van der Waals surface area contributed by atoms with Gasteiger partial charge in [0.2, 0.25) is 0 Å². The quantitative estimate of drug-likeness (QED) is 0.699. The molecular weight excluding hydrogens is 188 g/mol. The molecule has 0 aliphatic heterocycles. The van der Waals surface area contributed by atoms with Crippen LogP contribution in [0, 0.1) is 20.8 Å². The van der Waals surface area contributed by atoms with Gasteiger partial charge in [-0.05, 0) is 31.9 Å². The zero-order valence-electron chi connectivity index (χ0n) is 7.92. The summed E-state index contributed by atoms with van der Waals surface area (Å²) < 4.78 is 19.8. The Balaban J connectivity index is 0.00000144. The normalized spacial score (nSPS) is 12.0. The lowest BCUT2D eigenvalue weighted by molar-refractivity contribution is 0.563. The van der Waals surface area contributed by atoms with Crippen LogP contribution in [0.3, 0.4) is 0 Å². The minimum Gasteiger partial charge on any atom is -0.412 e. The highest BCUT2D eigenvalue weighted by atomic mass is 32.2. The van der Waals surface area contributed by atoms with Gasteiger partial charge in [-0.15, -0.1) is 0 Å². The van der Waals surface area contributed by atoms with E-state index < -0.39 is 11.1 Å². The smallest absolute Gasteiger partial charge is 0.187 e. The van der Waals surface area contributed by atoms with E-state index in [0.717, 1.165) is 16.7 Å². The Morgan fingerprint density at radius 1 is 1.15 bits per heavy atom. The Morgan fingerprint density at radius 2 is 1.54 bits per heavy atom. The molecule has 0 saturated carbocycles. The predicted molar refractivity (Wildman–Crippen MR) is 53.3 cm³/mol. The van der Waals surface area contributed by atoms with Gasteiger partial charge < -0.3 is 10.0 Å². The second kappa shape index (κ2) is 4.50. The van der Waals surface area contributed by atoms with Crippen LogP contribution in [-0.4, -0.2) is 14.2 Å². The Hall–Kier alpha value is -0.710. The van der Waals surface area contributed by atoms with Crippen LogP contribution in [-0.2, 0) is 11.1 Å². The van der Waals surface area contributed by atoms with E-state index in [1.807, 2.05) is 32.9 Å². The first-order valence-corrected chi connectivity index (χ1v) is 4.81. The van der Waals surface area contributed by atoms with Gasteiger partial charge in [-0.2, -0.15) is 0 Å². The van der Waals surface area contributed by atoms with Gasteiger partial charge in [-0.3, -0.25) is 0 Å². The molecule has 1 rings (SSSR count). The predicted octanol–water partition coefficient (Wildman–Crippen LogP) is 1.37. The number of rotatable bonds is 1. The molecule has 1 aromatic rings. The van der Waals surface area contributed by atoms with E-state index in [1.165, 1.54) is 0 Å². The third-order valence-corrected chi connectivity index (χ3v) is 2.77. The summed E-state index contributed by atoms with van der Waals surface area (Å²) in [5, 5.41) is 0. The van der Waals surface area contributed by atoms with Crippen LogP contribution in [0.25, 0.3) is 0 Å². The summed E-state index contributed by atoms with van der Waals surface area (Å²) >= 11 is -1.86. The fourth-order valence-electron chi connectivity index (χ4n) is 1.44. The van der Waals surface area contributed by atoms with Gasteiger partial charge in [-0.25, -0.2) is 4.21 Å². The summed E-state index contributed by atoms with van der Waals surface area (Å²) in [7, 11) is 0. The van der Waals surface area contributed by atoms with Crippen LogP contribution in [0.4, 0.5) is 0 Å². The van der Waals surface area contributed by atoms with Crippen LogP contribution in [0.2, 0.25) is 0 Å². The molecule has 0 aliphatic rings. The molecule has 13 heavy (non-hydrogen) atoms. The van der Waals surface area contributed by atoms with E-state index in [-0.39, 0.29) is 5.48 Å². The van der Waals surface area contributed by atoms with E-state index in [9.17, 15) is 4.21 Å². The average Bonchev–Trinajstić information content (AvgIpc) is 1.82. The summed E-state index contributed by atoms with van der Waals surface area (Å²) in [6, 6.07) is 3.83. The van der Waals surface area contributed by atoms with Crippen molar-refractivity contribution in [2.24, 2.45) is 0 Å². The average molecular weight is 202 g/mol. The maximum absolute atomic E-state index is 10.9. The van der Waals surface area contributed by atoms with Crippen molar-refractivity contribution in [3.8, 4) is 0 Å². The number of benzene rings is 1. The molecule has 0 aromatic heterocycles. The van der Waals surface area contributed by atoms with Crippen molar-refractivity contribution in [1.29, 1.82) is 0 Å². The highest BCUT2D eigenvalue weighted by Crippen LogP contribution is 2.18. The Kier molecular flexibility index (Phi) is 4.26.